The minimum Gasteiger partial charge on any atom is -0.363 e. The van der Waals surface area contributed by atoms with Crippen LogP contribution in [0.2, 0.25) is 0 Å². The summed E-state index contributed by atoms with van der Waals surface area (Å²) in [5.74, 6) is 0.889. The standard InChI is InChI=1S/C18H18FN3O2/c19-14-3-1-12(2-4-14)15-5-8-20-17(21-15)13-6-9-22(10-7-13)18(23)16-11-24-16/h1-5,8,13,16H,6-7,9-11H2. The maximum absolute atomic E-state index is 13.1. The molecule has 1 aromatic carbocycles. The fraction of sp³-hybridized carbons (Fsp3) is 0.389. The molecule has 2 aromatic rings. The van der Waals surface area contributed by atoms with Crippen molar-refractivity contribution in [2.45, 2.75) is 24.9 Å². The van der Waals surface area contributed by atoms with Crippen molar-refractivity contribution in [1.29, 1.82) is 0 Å². The Hall–Kier alpha value is -2.34. The molecule has 0 saturated carbocycles. The number of likely N-dealkylation sites (tertiary alicyclic amines) is 1. The maximum atomic E-state index is 13.1. The molecule has 3 heterocycles. The zero-order valence-electron chi connectivity index (χ0n) is 13.2. The van der Waals surface area contributed by atoms with Crippen LogP contribution in [0.3, 0.4) is 0 Å². The van der Waals surface area contributed by atoms with Crippen molar-refractivity contribution in [3.05, 3.63) is 48.2 Å². The summed E-state index contributed by atoms with van der Waals surface area (Å²) in [7, 11) is 0. The van der Waals surface area contributed by atoms with Crippen LogP contribution in [0.25, 0.3) is 11.3 Å². The molecular weight excluding hydrogens is 309 g/mol. The molecule has 6 heteroatoms. The first-order chi connectivity index (χ1) is 11.7. The largest absolute Gasteiger partial charge is 0.363 e. The van der Waals surface area contributed by atoms with Crippen LogP contribution in [0.1, 0.15) is 24.6 Å². The lowest BCUT2D eigenvalue weighted by molar-refractivity contribution is -0.133. The van der Waals surface area contributed by atoms with Gasteiger partial charge in [-0.15, -0.1) is 0 Å². The molecule has 1 atom stereocenters. The summed E-state index contributed by atoms with van der Waals surface area (Å²) < 4.78 is 18.1. The average Bonchev–Trinajstić information content (AvgIpc) is 3.47. The Kier molecular flexibility index (Phi) is 3.98. The van der Waals surface area contributed by atoms with Gasteiger partial charge < -0.3 is 9.64 Å². The lowest BCUT2D eigenvalue weighted by atomic mass is 9.95. The zero-order valence-corrected chi connectivity index (χ0v) is 13.2. The molecule has 1 unspecified atom stereocenters. The molecule has 2 saturated heterocycles. The number of benzene rings is 1. The molecule has 2 aliphatic heterocycles. The predicted octanol–water partition coefficient (Wildman–Crippen LogP) is 2.39. The number of rotatable bonds is 3. The van der Waals surface area contributed by atoms with Gasteiger partial charge in [0.25, 0.3) is 5.91 Å². The number of epoxide rings is 1. The molecule has 5 nitrogen and oxygen atoms in total. The highest BCUT2D eigenvalue weighted by Crippen LogP contribution is 2.28. The SMILES string of the molecule is O=C(C1CO1)N1CCC(c2nccc(-c3ccc(F)cc3)n2)CC1. The predicted molar refractivity (Wildman–Crippen MR) is 85.7 cm³/mol. The van der Waals surface area contributed by atoms with Crippen molar-refractivity contribution in [3.8, 4) is 11.3 Å². The van der Waals surface area contributed by atoms with Crippen LogP contribution in [-0.4, -0.2) is 46.6 Å². The van der Waals surface area contributed by atoms with E-state index in [2.05, 4.69) is 9.97 Å². The zero-order chi connectivity index (χ0) is 16.5. The summed E-state index contributed by atoms with van der Waals surface area (Å²) in [4.78, 5) is 22.9. The molecule has 0 N–H and O–H groups in total. The molecule has 1 aromatic heterocycles. The van der Waals surface area contributed by atoms with E-state index in [0.29, 0.717) is 19.7 Å². The van der Waals surface area contributed by atoms with Gasteiger partial charge in [0, 0.05) is 30.8 Å². The maximum Gasteiger partial charge on any atom is 0.254 e. The molecule has 2 aliphatic rings. The van der Waals surface area contributed by atoms with Gasteiger partial charge in [0.15, 0.2) is 6.10 Å². The second kappa shape index (κ2) is 6.28. The number of carbonyl (C=O) groups is 1. The molecular formula is C18H18FN3O2. The number of amides is 1. The molecule has 0 radical (unpaired) electrons. The Balaban J connectivity index is 1.46. The van der Waals surface area contributed by atoms with Crippen LogP contribution in [0.15, 0.2) is 36.5 Å². The number of ether oxygens (including phenoxy) is 1. The van der Waals surface area contributed by atoms with E-state index in [1.165, 1.54) is 12.1 Å². The minimum atomic E-state index is -0.260. The molecule has 4 rings (SSSR count). The third kappa shape index (κ3) is 3.14. The highest BCUT2D eigenvalue weighted by molar-refractivity contribution is 5.83. The first-order valence-electron chi connectivity index (χ1n) is 8.20. The number of hydrogen-bond donors (Lipinski definition) is 0. The summed E-state index contributed by atoms with van der Waals surface area (Å²) >= 11 is 0. The fourth-order valence-electron chi connectivity index (χ4n) is 3.10. The fourth-order valence-corrected chi connectivity index (χ4v) is 3.10. The van der Waals surface area contributed by atoms with Crippen molar-refractivity contribution >= 4 is 5.91 Å². The highest BCUT2D eigenvalue weighted by atomic mass is 19.1. The number of hydrogen-bond acceptors (Lipinski definition) is 4. The van der Waals surface area contributed by atoms with E-state index in [1.807, 2.05) is 11.0 Å². The van der Waals surface area contributed by atoms with Crippen LogP contribution in [0.5, 0.6) is 0 Å². The third-order valence-electron chi connectivity index (χ3n) is 4.59. The summed E-state index contributed by atoms with van der Waals surface area (Å²) in [5, 5.41) is 0. The van der Waals surface area contributed by atoms with Gasteiger partial charge in [0.2, 0.25) is 0 Å². The van der Waals surface area contributed by atoms with Gasteiger partial charge in [0.05, 0.1) is 12.3 Å². The molecule has 0 aliphatic carbocycles. The first kappa shape index (κ1) is 15.2. The Labute approximate surface area is 139 Å². The first-order valence-corrected chi connectivity index (χ1v) is 8.20. The van der Waals surface area contributed by atoms with Crippen molar-refractivity contribution in [2.24, 2.45) is 0 Å². The topological polar surface area (TPSA) is 58.6 Å². The van der Waals surface area contributed by atoms with Gasteiger partial charge in [-0.05, 0) is 43.2 Å². The van der Waals surface area contributed by atoms with Gasteiger partial charge >= 0.3 is 0 Å². The van der Waals surface area contributed by atoms with E-state index in [4.69, 9.17) is 4.74 Å². The molecule has 124 valence electrons. The number of halogens is 1. The van der Waals surface area contributed by atoms with E-state index >= 15 is 0 Å². The summed E-state index contributed by atoms with van der Waals surface area (Å²) in [6.07, 6.45) is 3.24. The molecule has 0 bridgehead atoms. The highest BCUT2D eigenvalue weighted by Gasteiger charge is 2.36. The Bertz CT molecular complexity index is 738. The van der Waals surface area contributed by atoms with Gasteiger partial charge in [-0.1, -0.05) is 0 Å². The van der Waals surface area contributed by atoms with Crippen molar-refractivity contribution in [3.63, 3.8) is 0 Å². The van der Waals surface area contributed by atoms with Gasteiger partial charge in [-0.3, -0.25) is 4.79 Å². The molecule has 2 fully saturated rings. The second-order valence-electron chi connectivity index (χ2n) is 6.23. The molecule has 0 spiro atoms. The van der Waals surface area contributed by atoms with Gasteiger partial charge in [-0.25, -0.2) is 14.4 Å². The van der Waals surface area contributed by atoms with Crippen LogP contribution in [0, 0.1) is 5.82 Å². The van der Waals surface area contributed by atoms with E-state index in [-0.39, 0.29) is 23.7 Å². The summed E-state index contributed by atoms with van der Waals surface area (Å²) in [6.45, 7) is 1.99. The lowest BCUT2D eigenvalue weighted by Crippen LogP contribution is -2.40. The summed E-state index contributed by atoms with van der Waals surface area (Å²) in [5.41, 5.74) is 1.67. The third-order valence-corrected chi connectivity index (χ3v) is 4.59. The molecule has 1 amide bonds. The van der Waals surface area contributed by atoms with Crippen LogP contribution < -0.4 is 0 Å². The average molecular weight is 327 g/mol. The lowest BCUT2D eigenvalue weighted by Gasteiger charge is -2.31. The van der Waals surface area contributed by atoms with Crippen LogP contribution in [0.4, 0.5) is 4.39 Å². The van der Waals surface area contributed by atoms with Crippen molar-refractivity contribution < 1.29 is 13.9 Å². The quantitative estimate of drug-likeness (QED) is 0.812. The Morgan fingerprint density at radius 3 is 2.54 bits per heavy atom. The second-order valence-corrected chi connectivity index (χ2v) is 6.23. The van der Waals surface area contributed by atoms with E-state index in [0.717, 1.165) is 29.9 Å². The Morgan fingerprint density at radius 1 is 1.17 bits per heavy atom. The smallest absolute Gasteiger partial charge is 0.254 e. The van der Waals surface area contributed by atoms with Crippen LogP contribution in [-0.2, 0) is 9.53 Å². The van der Waals surface area contributed by atoms with E-state index < -0.39 is 0 Å². The molecule has 24 heavy (non-hydrogen) atoms. The number of nitrogens with zero attached hydrogens (tertiary/aromatic N) is 3. The Morgan fingerprint density at radius 2 is 1.88 bits per heavy atom. The monoisotopic (exact) mass is 327 g/mol. The number of piperidine rings is 1. The van der Waals surface area contributed by atoms with E-state index in [1.54, 1.807) is 18.3 Å². The van der Waals surface area contributed by atoms with Crippen molar-refractivity contribution in [1.82, 2.24) is 14.9 Å². The minimum absolute atomic E-state index is 0.106. The summed E-state index contributed by atoms with van der Waals surface area (Å²) in [6, 6.07) is 8.14. The number of aromatic nitrogens is 2. The van der Waals surface area contributed by atoms with Gasteiger partial charge in [0.1, 0.15) is 11.6 Å². The number of carbonyl (C=O) groups excluding carboxylic acids is 1. The van der Waals surface area contributed by atoms with Crippen molar-refractivity contribution in [2.75, 3.05) is 19.7 Å². The van der Waals surface area contributed by atoms with Gasteiger partial charge in [-0.2, -0.15) is 0 Å². The van der Waals surface area contributed by atoms with E-state index in [9.17, 15) is 9.18 Å². The normalized spacial score (nSPS) is 20.9. The van der Waals surface area contributed by atoms with Crippen LogP contribution >= 0.6 is 0 Å².